The first-order valence-corrected chi connectivity index (χ1v) is 7.80. The molecular weight excluding hydrogens is 299 g/mol. The van der Waals surface area contributed by atoms with Crippen LogP contribution in [0.15, 0.2) is 30.3 Å². The van der Waals surface area contributed by atoms with Crippen LogP contribution in [0.1, 0.15) is 11.5 Å². The van der Waals surface area contributed by atoms with Gasteiger partial charge in [-0.05, 0) is 10.9 Å². The smallest absolute Gasteiger partial charge is 0.506 e. The van der Waals surface area contributed by atoms with Gasteiger partial charge >= 0.3 is 15.3 Å². The lowest BCUT2D eigenvalue weighted by atomic mass is 9.95. The van der Waals surface area contributed by atoms with Gasteiger partial charge in [0.25, 0.3) is 0 Å². The minimum atomic E-state index is 0.228. The number of fused-ring (bicyclic) bond motifs is 3. The number of alkyl halides is 1. The standard InChI is InChI=1S/C15H18B2ClNO3/c1-20-16-19-9-10(8-18)15-12-6-4-3-5-11(12)14(7-13(15)19)22-17-21-2/h3-7,10,16-17H,8-9H2,1-2H3/t10-/m0/s1. The average Bonchev–Trinajstić information content (AvgIpc) is 2.91. The van der Waals surface area contributed by atoms with E-state index in [4.69, 9.17) is 25.6 Å². The Morgan fingerprint density at radius 3 is 2.68 bits per heavy atom. The van der Waals surface area contributed by atoms with Crippen molar-refractivity contribution >= 4 is 43.4 Å². The van der Waals surface area contributed by atoms with Crippen LogP contribution in [-0.2, 0) is 9.31 Å². The van der Waals surface area contributed by atoms with E-state index < -0.39 is 0 Å². The summed E-state index contributed by atoms with van der Waals surface area (Å²) in [5.74, 6) is 1.72. The van der Waals surface area contributed by atoms with Gasteiger partial charge < -0.3 is 18.8 Å². The van der Waals surface area contributed by atoms with Crippen molar-refractivity contribution in [3.05, 3.63) is 35.9 Å². The molecule has 0 unspecified atom stereocenters. The molecule has 0 aromatic heterocycles. The summed E-state index contributed by atoms with van der Waals surface area (Å²) < 4.78 is 16.1. The highest BCUT2D eigenvalue weighted by Gasteiger charge is 2.31. The van der Waals surface area contributed by atoms with Gasteiger partial charge in [-0.15, -0.1) is 11.6 Å². The lowest BCUT2D eigenvalue weighted by Gasteiger charge is -2.19. The van der Waals surface area contributed by atoms with Gasteiger partial charge in [0.05, 0.1) is 0 Å². The number of benzene rings is 2. The Labute approximate surface area is 136 Å². The molecule has 0 radical (unpaired) electrons. The second-order valence-electron chi connectivity index (χ2n) is 5.40. The third-order valence-electron chi connectivity index (χ3n) is 4.02. The first-order valence-electron chi connectivity index (χ1n) is 7.27. The number of hydrogen-bond donors (Lipinski definition) is 0. The van der Waals surface area contributed by atoms with Gasteiger partial charge in [0.1, 0.15) is 5.75 Å². The summed E-state index contributed by atoms with van der Waals surface area (Å²) in [5.41, 5.74) is 2.42. The average molecular weight is 317 g/mol. The van der Waals surface area contributed by atoms with E-state index in [1.165, 1.54) is 10.9 Å². The largest absolute Gasteiger partial charge is 0.538 e. The lowest BCUT2D eigenvalue weighted by molar-refractivity contribution is 0.367. The molecule has 0 amide bonds. The van der Waals surface area contributed by atoms with Gasteiger partial charge in [-0.1, -0.05) is 24.3 Å². The predicted molar refractivity (Wildman–Crippen MR) is 93.7 cm³/mol. The van der Waals surface area contributed by atoms with E-state index in [9.17, 15) is 0 Å². The zero-order valence-electron chi connectivity index (χ0n) is 12.8. The molecule has 1 heterocycles. The number of halogens is 1. The zero-order chi connectivity index (χ0) is 15.5. The normalized spacial score (nSPS) is 16.7. The summed E-state index contributed by atoms with van der Waals surface area (Å²) in [7, 11) is 4.10. The summed E-state index contributed by atoms with van der Waals surface area (Å²) in [6.45, 7) is 0.865. The predicted octanol–water partition coefficient (Wildman–Crippen LogP) is 2.19. The van der Waals surface area contributed by atoms with Crippen molar-refractivity contribution < 1.29 is 14.0 Å². The van der Waals surface area contributed by atoms with Crippen LogP contribution in [0.3, 0.4) is 0 Å². The van der Waals surface area contributed by atoms with Crippen LogP contribution < -0.4 is 9.47 Å². The van der Waals surface area contributed by atoms with E-state index in [1.807, 2.05) is 12.1 Å². The van der Waals surface area contributed by atoms with Crippen molar-refractivity contribution in [1.82, 2.24) is 0 Å². The molecule has 4 nitrogen and oxygen atoms in total. The van der Waals surface area contributed by atoms with Crippen LogP contribution in [0.2, 0.25) is 0 Å². The molecule has 1 aliphatic rings. The molecule has 0 saturated heterocycles. The molecule has 3 rings (SSSR count). The van der Waals surface area contributed by atoms with E-state index in [0.29, 0.717) is 19.4 Å². The van der Waals surface area contributed by atoms with E-state index in [1.54, 1.807) is 14.2 Å². The van der Waals surface area contributed by atoms with E-state index in [-0.39, 0.29) is 7.69 Å². The van der Waals surface area contributed by atoms with Crippen molar-refractivity contribution in [2.75, 3.05) is 31.5 Å². The molecule has 22 heavy (non-hydrogen) atoms. The molecule has 0 fully saturated rings. The fraction of sp³-hybridized carbons (Fsp3) is 0.333. The highest BCUT2D eigenvalue weighted by molar-refractivity contribution is 6.35. The highest BCUT2D eigenvalue weighted by atomic mass is 35.5. The molecule has 114 valence electrons. The van der Waals surface area contributed by atoms with Gasteiger partial charge in [-0.25, -0.2) is 0 Å². The molecule has 7 heteroatoms. The fourth-order valence-corrected chi connectivity index (χ4v) is 3.39. The molecule has 0 spiro atoms. The third-order valence-corrected chi connectivity index (χ3v) is 4.39. The maximum Gasteiger partial charge on any atom is 0.506 e. The molecule has 2 aromatic rings. The Balaban J connectivity index is 2.17. The monoisotopic (exact) mass is 317 g/mol. The number of hydrogen-bond acceptors (Lipinski definition) is 4. The van der Waals surface area contributed by atoms with Crippen LogP contribution in [0.25, 0.3) is 10.8 Å². The van der Waals surface area contributed by atoms with Crippen molar-refractivity contribution in [2.24, 2.45) is 0 Å². The van der Waals surface area contributed by atoms with Crippen LogP contribution in [-0.4, -0.2) is 41.9 Å². The zero-order valence-corrected chi connectivity index (χ0v) is 13.6. The van der Waals surface area contributed by atoms with Crippen molar-refractivity contribution in [3.8, 4) is 5.75 Å². The van der Waals surface area contributed by atoms with Gasteiger partial charge in [-0.2, -0.15) is 0 Å². The number of anilines is 1. The maximum atomic E-state index is 6.21. The van der Waals surface area contributed by atoms with Crippen LogP contribution >= 0.6 is 11.6 Å². The van der Waals surface area contributed by atoms with Crippen LogP contribution in [0.5, 0.6) is 5.75 Å². The maximum absolute atomic E-state index is 6.21. The van der Waals surface area contributed by atoms with Gasteiger partial charge in [0, 0.05) is 49.7 Å². The fourth-order valence-electron chi connectivity index (χ4n) is 3.14. The topological polar surface area (TPSA) is 30.9 Å². The second-order valence-corrected chi connectivity index (χ2v) is 5.70. The Morgan fingerprint density at radius 1 is 1.23 bits per heavy atom. The minimum Gasteiger partial charge on any atom is -0.538 e. The molecule has 1 aliphatic heterocycles. The summed E-state index contributed by atoms with van der Waals surface area (Å²) in [6.07, 6.45) is 0. The second kappa shape index (κ2) is 6.82. The van der Waals surface area contributed by atoms with Crippen LogP contribution in [0, 0.1) is 0 Å². The lowest BCUT2D eigenvalue weighted by Crippen LogP contribution is -2.28. The van der Waals surface area contributed by atoms with Crippen molar-refractivity contribution in [1.29, 1.82) is 0 Å². The van der Waals surface area contributed by atoms with Gasteiger partial charge in [0.15, 0.2) is 0 Å². The van der Waals surface area contributed by atoms with Crippen LogP contribution in [0.4, 0.5) is 5.69 Å². The highest BCUT2D eigenvalue weighted by Crippen LogP contribution is 2.45. The first kappa shape index (κ1) is 15.5. The van der Waals surface area contributed by atoms with Crippen molar-refractivity contribution in [2.45, 2.75) is 5.92 Å². The quantitative estimate of drug-likeness (QED) is 0.604. The Bertz CT molecular complexity index is 671. The van der Waals surface area contributed by atoms with E-state index in [0.717, 1.165) is 23.4 Å². The van der Waals surface area contributed by atoms with E-state index >= 15 is 0 Å². The summed E-state index contributed by atoms with van der Waals surface area (Å²) in [4.78, 5) is 2.20. The molecule has 1 atom stereocenters. The summed E-state index contributed by atoms with van der Waals surface area (Å²) in [6, 6.07) is 10.3. The Hall–Kier alpha value is -1.36. The minimum absolute atomic E-state index is 0.228. The molecular formula is C15H18B2ClNO3. The molecule has 0 N–H and O–H groups in total. The molecule has 0 bridgehead atoms. The van der Waals surface area contributed by atoms with E-state index in [2.05, 4.69) is 23.0 Å². The number of rotatable bonds is 6. The third kappa shape index (κ3) is 2.67. The van der Waals surface area contributed by atoms with Crippen molar-refractivity contribution in [3.63, 3.8) is 0 Å². The Morgan fingerprint density at radius 2 is 2.00 bits per heavy atom. The molecule has 0 aliphatic carbocycles. The molecule has 2 aromatic carbocycles. The SMILES string of the molecule is COBOc1cc2c(c3ccccc13)[C@@H](CCl)CN2BOC. The van der Waals surface area contributed by atoms with Gasteiger partial charge in [-0.3, -0.25) is 0 Å². The Kier molecular flexibility index (Phi) is 4.81. The molecule has 0 saturated carbocycles. The summed E-state index contributed by atoms with van der Waals surface area (Å²) in [5, 5.41) is 2.28. The van der Waals surface area contributed by atoms with Gasteiger partial charge in [0.2, 0.25) is 0 Å². The number of nitrogens with zero attached hydrogens (tertiary/aromatic N) is 1. The first-order chi connectivity index (χ1) is 10.8. The summed E-state index contributed by atoms with van der Waals surface area (Å²) >= 11 is 6.21.